The predicted molar refractivity (Wildman–Crippen MR) is 71.0 cm³/mol. The molecule has 0 saturated carbocycles. The van der Waals surface area contributed by atoms with Gasteiger partial charge in [-0.05, 0) is 35.9 Å². The molecule has 19 heavy (non-hydrogen) atoms. The summed E-state index contributed by atoms with van der Waals surface area (Å²) >= 11 is 0. The van der Waals surface area contributed by atoms with Crippen LogP contribution in [0.25, 0.3) is 11.3 Å². The van der Waals surface area contributed by atoms with E-state index in [0.29, 0.717) is 6.42 Å². The first-order chi connectivity index (χ1) is 9.31. The van der Waals surface area contributed by atoms with Gasteiger partial charge >= 0.3 is 0 Å². The van der Waals surface area contributed by atoms with E-state index in [1.165, 1.54) is 12.1 Å². The predicted octanol–water partition coefficient (Wildman–Crippen LogP) is 3.20. The molecule has 1 N–H and O–H groups in total. The average Bonchev–Trinajstić information content (AvgIpc) is 2.88. The van der Waals surface area contributed by atoms with Crippen molar-refractivity contribution in [2.24, 2.45) is 0 Å². The lowest BCUT2D eigenvalue weighted by Gasteiger charge is -1.98. The molecule has 3 aromatic rings. The minimum absolute atomic E-state index is 0.216. The number of H-pyrrole nitrogens is 1. The van der Waals surface area contributed by atoms with E-state index in [4.69, 9.17) is 0 Å². The Balaban J connectivity index is 1.82. The highest BCUT2D eigenvalue weighted by Crippen LogP contribution is 2.18. The van der Waals surface area contributed by atoms with Crippen LogP contribution in [0.15, 0.2) is 54.9 Å². The summed E-state index contributed by atoms with van der Waals surface area (Å²) in [5, 5.41) is 7.24. The van der Waals surface area contributed by atoms with Crippen molar-refractivity contribution in [2.75, 3.05) is 0 Å². The van der Waals surface area contributed by atoms with Crippen molar-refractivity contribution in [3.8, 4) is 11.3 Å². The van der Waals surface area contributed by atoms with Crippen molar-refractivity contribution >= 4 is 0 Å². The molecule has 3 rings (SSSR count). The Morgan fingerprint density at radius 3 is 2.68 bits per heavy atom. The van der Waals surface area contributed by atoms with Crippen molar-refractivity contribution in [2.45, 2.75) is 6.42 Å². The zero-order valence-electron chi connectivity index (χ0n) is 10.2. The van der Waals surface area contributed by atoms with Crippen LogP contribution in [0.1, 0.15) is 11.3 Å². The number of halogens is 1. The van der Waals surface area contributed by atoms with E-state index in [1.54, 1.807) is 18.5 Å². The molecule has 0 atom stereocenters. The quantitative estimate of drug-likeness (QED) is 0.778. The molecule has 1 aromatic carbocycles. The Hall–Kier alpha value is -2.49. The second-order valence-electron chi connectivity index (χ2n) is 4.32. The van der Waals surface area contributed by atoms with Gasteiger partial charge in [0, 0.05) is 30.1 Å². The summed E-state index contributed by atoms with van der Waals surface area (Å²) in [5.41, 5.74) is 3.76. The third kappa shape index (κ3) is 2.68. The molecular formula is C15H12FN3. The number of benzene rings is 1. The Labute approximate surface area is 110 Å². The van der Waals surface area contributed by atoms with Gasteiger partial charge in [0.2, 0.25) is 0 Å². The molecule has 0 aliphatic carbocycles. The van der Waals surface area contributed by atoms with E-state index < -0.39 is 0 Å². The molecule has 0 aliphatic rings. The maximum atomic E-state index is 13.1. The van der Waals surface area contributed by atoms with Crippen LogP contribution in [0.3, 0.4) is 0 Å². The van der Waals surface area contributed by atoms with E-state index in [0.717, 1.165) is 22.5 Å². The lowest BCUT2D eigenvalue weighted by atomic mass is 10.1. The fourth-order valence-corrected chi connectivity index (χ4v) is 1.99. The zero-order valence-corrected chi connectivity index (χ0v) is 10.2. The van der Waals surface area contributed by atoms with E-state index >= 15 is 0 Å². The van der Waals surface area contributed by atoms with Gasteiger partial charge in [0.05, 0.1) is 5.69 Å². The van der Waals surface area contributed by atoms with Gasteiger partial charge in [0.25, 0.3) is 0 Å². The normalized spacial score (nSPS) is 10.6. The van der Waals surface area contributed by atoms with Gasteiger partial charge in [-0.15, -0.1) is 0 Å². The lowest BCUT2D eigenvalue weighted by molar-refractivity contribution is 0.626. The smallest absolute Gasteiger partial charge is 0.123 e. The number of nitrogens with one attached hydrogen (secondary N) is 1. The molecule has 0 bridgehead atoms. The molecule has 0 saturated heterocycles. The zero-order chi connectivity index (χ0) is 13.1. The van der Waals surface area contributed by atoms with Crippen LogP contribution in [0.2, 0.25) is 0 Å². The summed E-state index contributed by atoms with van der Waals surface area (Å²) in [6, 6.07) is 12.4. The van der Waals surface area contributed by atoms with E-state index in [9.17, 15) is 4.39 Å². The number of hydrogen-bond donors (Lipinski definition) is 1. The fourth-order valence-electron chi connectivity index (χ4n) is 1.99. The van der Waals surface area contributed by atoms with E-state index in [-0.39, 0.29) is 5.82 Å². The van der Waals surface area contributed by atoms with Crippen molar-refractivity contribution < 1.29 is 4.39 Å². The summed E-state index contributed by atoms with van der Waals surface area (Å²) in [6.07, 6.45) is 4.10. The van der Waals surface area contributed by atoms with Gasteiger partial charge in [-0.1, -0.05) is 12.1 Å². The summed E-state index contributed by atoms with van der Waals surface area (Å²) in [4.78, 5) is 3.98. The van der Waals surface area contributed by atoms with Gasteiger partial charge in [0.15, 0.2) is 0 Å². The topological polar surface area (TPSA) is 41.6 Å². The first kappa shape index (κ1) is 11.6. The highest BCUT2D eigenvalue weighted by molar-refractivity contribution is 5.58. The summed E-state index contributed by atoms with van der Waals surface area (Å²) in [6.45, 7) is 0. The Kier molecular flexibility index (Phi) is 3.06. The van der Waals surface area contributed by atoms with Gasteiger partial charge in [0.1, 0.15) is 5.82 Å². The molecule has 94 valence electrons. The van der Waals surface area contributed by atoms with Crippen LogP contribution >= 0.6 is 0 Å². The SMILES string of the molecule is Fc1cccc(Cc2cc(-c3ccncc3)n[nH]2)c1. The molecule has 2 aromatic heterocycles. The third-order valence-electron chi connectivity index (χ3n) is 2.89. The lowest BCUT2D eigenvalue weighted by Crippen LogP contribution is -1.89. The monoisotopic (exact) mass is 253 g/mol. The second-order valence-corrected chi connectivity index (χ2v) is 4.32. The van der Waals surface area contributed by atoms with Crippen molar-refractivity contribution in [1.29, 1.82) is 0 Å². The van der Waals surface area contributed by atoms with Crippen LogP contribution in [0.4, 0.5) is 4.39 Å². The second kappa shape index (κ2) is 5.02. The molecule has 2 heterocycles. The van der Waals surface area contributed by atoms with E-state index in [2.05, 4.69) is 15.2 Å². The van der Waals surface area contributed by atoms with Gasteiger partial charge in [-0.2, -0.15) is 5.10 Å². The first-order valence-electron chi connectivity index (χ1n) is 6.00. The number of pyridine rings is 1. The standard InChI is InChI=1S/C15H12FN3/c16-13-3-1-2-11(8-13)9-14-10-15(19-18-14)12-4-6-17-7-5-12/h1-8,10H,9H2,(H,18,19). The Bertz CT molecular complexity index is 677. The third-order valence-corrected chi connectivity index (χ3v) is 2.89. The largest absolute Gasteiger partial charge is 0.282 e. The highest BCUT2D eigenvalue weighted by Gasteiger charge is 2.05. The molecule has 4 heteroatoms. The maximum absolute atomic E-state index is 13.1. The van der Waals surface area contributed by atoms with Crippen molar-refractivity contribution in [3.05, 3.63) is 71.9 Å². The maximum Gasteiger partial charge on any atom is 0.123 e. The minimum atomic E-state index is -0.216. The van der Waals surface area contributed by atoms with Crippen molar-refractivity contribution in [3.63, 3.8) is 0 Å². The van der Waals surface area contributed by atoms with Crippen LogP contribution < -0.4 is 0 Å². The number of aromatic nitrogens is 3. The molecule has 0 amide bonds. The molecule has 0 radical (unpaired) electrons. The first-order valence-corrected chi connectivity index (χ1v) is 6.00. The summed E-state index contributed by atoms with van der Waals surface area (Å²) < 4.78 is 13.1. The number of nitrogens with zero attached hydrogens (tertiary/aromatic N) is 2. The average molecular weight is 253 g/mol. The Morgan fingerprint density at radius 1 is 1.05 bits per heavy atom. The number of aromatic amines is 1. The molecule has 3 nitrogen and oxygen atoms in total. The van der Waals surface area contributed by atoms with Crippen LogP contribution in [-0.4, -0.2) is 15.2 Å². The minimum Gasteiger partial charge on any atom is -0.282 e. The molecule has 0 spiro atoms. The van der Waals surface area contributed by atoms with Crippen LogP contribution in [0.5, 0.6) is 0 Å². The van der Waals surface area contributed by atoms with Gasteiger partial charge in [-0.3, -0.25) is 10.1 Å². The highest BCUT2D eigenvalue weighted by atomic mass is 19.1. The molecular weight excluding hydrogens is 241 g/mol. The van der Waals surface area contributed by atoms with Crippen LogP contribution in [0, 0.1) is 5.82 Å². The number of rotatable bonds is 3. The summed E-state index contributed by atoms with van der Waals surface area (Å²) in [7, 11) is 0. The van der Waals surface area contributed by atoms with Gasteiger partial charge < -0.3 is 0 Å². The van der Waals surface area contributed by atoms with Crippen LogP contribution in [-0.2, 0) is 6.42 Å². The molecule has 0 fully saturated rings. The fraction of sp³-hybridized carbons (Fsp3) is 0.0667. The van der Waals surface area contributed by atoms with Gasteiger partial charge in [-0.25, -0.2) is 4.39 Å². The summed E-state index contributed by atoms with van der Waals surface area (Å²) in [5.74, 6) is -0.216. The van der Waals surface area contributed by atoms with Crippen molar-refractivity contribution in [1.82, 2.24) is 15.2 Å². The number of hydrogen-bond acceptors (Lipinski definition) is 2. The Morgan fingerprint density at radius 2 is 1.89 bits per heavy atom. The molecule has 0 unspecified atom stereocenters. The molecule has 0 aliphatic heterocycles. The van der Waals surface area contributed by atoms with E-state index in [1.807, 2.05) is 24.3 Å².